The number of amides is 1. The number of hydrogen-bond acceptors (Lipinski definition) is 5. The van der Waals surface area contributed by atoms with Gasteiger partial charge in [0.15, 0.2) is 10.8 Å². The van der Waals surface area contributed by atoms with Gasteiger partial charge in [-0.05, 0) is 38.1 Å². The number of thiazole rings is 1. The highest BCUT2D eigenvalue weighted by atomic mass is 32.1. The van der Waals surface area contributed by atoms with E-state index in [1.807, 2.05) is 78.0 Å². The highest BCUT2D eigenvalue weighted by Gasteiger charge is 2.25. The average Bonchev–Trinajstić information content (AvgIpc) is 3.35. The lowest BCUT2D eigenvalue weighted by molar-refractivity contribution is 0.0747. The second-order valence-corrected chi connectivity index (χ2v) is 8.60. The van der Waals surface area contributed by atoms with Gasteiger partial charge in [0.2, 0.25) is 0 Å². The summed E-state index contributed by atoms with van der Waals surface area (Å²) in [6, 6.07) is 17.9. The second-order valence-electron chi connectivity index (χ2n) is 7.63. The molecule has 0 radical (unpaired) electrons. The average molecular weight is 418 g/mol. The summed E-state index contributed by atoms with van der Waals surface area (Å²) in [6.07, 6.45) is 0. The minimum absolute atomic E-state index is 0.106. The Bertz CT molecular complexity index is 1190. The summed E-state index contributed by atoms with van der Waals surface area (Å²) < 4.78 is 3.04. The first-order valence-corrected chi connectivity index (χ1v) is 10.9. The molecule has 1 fully saturated rings. The van der Waals surface area contributed by atoms with Crippen LogP contribution in [0.25, 0.3) is 16.0 Å². The molecule has 1 saturated heterocycles. The Balaban J connectivity index is 1.34. The predicted octanol–water partition coefficient (Wildman–Crippen LogP) is 4.06. The number of aromatic nitrogens is 3. The Labute approximate surface area is 179 Å². The SMILES string of the molecule is Cc1ccc(C(=O)N2CCN(c3nc4c(s3)c(C)nn4-c3ccccc3)CC2)cc1. The summed E-state index contributed by atoms with van der Waals surface area (Å²) in [5.41, 5.74) is 4.83. The van der Waals surface area contributed by atoms with Crippen molar-refractivity contribution >= 4 is 32.7 Å². The molecule has 7 heteroatoms. The lowest BCUT2D eigenvalue weighted by Gasteiger charge is -2.34. The van der Waals surface area contributed by atoms with Gasteiger partial charge in [0.1, 0.15) is 0 Å². The number of rotatable bonds is 3. The van der Waals surface area contributed by atoms with Gasteiger partial charge in [0.05, 0.1) is 16.1 Å². The molecule has 3 heterocycles. The number of piperazine rings is 1. The molecule has 4 aromatic rings. The standard InChI is InChI=1S/C23H23N5OS/c1-16-8-10-18(11-9-16)22(29)26-12-14-27(15-13-26)23-24-21-20(30-23)17(2)25-28(21)19-6-4-3-5-7-19/h3-11H,12-15H2,1-2H3. The number of carbonyl (C=O) groups is 1. The minimum Gasteiger partial charge on any atom is -0.344 e. The van der Waals surface area contributed by atoms with E-state index in [2.05, 4.69) is 10.00 Å². The lowest BCUT2D eigenvalue weighted by atomic mass is 10.1. The fourth-order valence-corrected chi connectivity index (χ4v) is 4.83. The van der Waals surface area contributed by atoms with Crippen molar-refractivity contribution in [1.29, 1.82) is 0 Å². The largest absolute Gasteiger partial charge is 0.344 e. The molecule has 0 saturated carbocycles. The van der Waals surface area contributed by atoms with Gasteiger partial charge in [-0.3, -0.25) is 4.79 Å². The van der Waals surface area contributed by atoms with Crippen molar-refractivity contribution in [1.82, 2.24) is 19.7 Å². The van der Waals surface area contributed by atoms with Gasteiger partial charge in [-0.25, -0.2) is 4.68 Å². The maximum absolute atomic E-state index is 12.8. The summed E-state index contributed by atoms with van der Waals surface area (Å²) in [7, 11) is 0. The normalized spacial score (nSPS) is 14.5. The quantitative estimate of drug-likeness (QED) is 0.504. The molecule has 6 nitrogen and oxygen atoms in total. The summed E-state index contributed by atoms with van der Waals surface area (Å²) >= 11 is 1.68. The Morgan fingerprint density at radius 3 is 2.33 bits per heavy atom. The number of aryl methyl sites for hydroxylation is 2. The zero-order valence-corrected chi connectivity index (χ0v) is 17.9. The fourth-order valence-electron chi connectivity index (χ4n) is 3.79. The molecule has 0 spiro atoms. The maximum atomic E-state index is 12.8. The van der Waals surface area contributed by atoms with Crippen LogP contribution in [0.2, 0.25) is 0 Å². The molecule has 5 rings (SSSR count). The van der Waals surface area contributed by atoms with Crippen molar-refractivity contribution in [2.24, 2.45) is 0 Å². The van der Waals surface area contributed by atoms with Crippen molar-refractivity contribution in [3.8, 4) is 5.69 Å². The number of para-hydroxylation sites is 1. The van der Waals surface area contributed by atoms with E-state index >= 15 is 0 Å². The van der Waals surface area contributed by atoms with Crippen molar-refractivity contribution in [3.05, 3.63) is 71.4 Å². The smallest absolute Gasteiger partial charge is 0.253 e. The van der Waals surface area contributed by atoms with Gasteiger partial charge >= 0.3 is 0 Å². The van der Waals surface area contributed by atoms with Crippen LogP contribution in [0.3, 0.4) is 0 Å². The van der Waals surface area contributed by atoms with E-state index in [9.17, 15) is 4.79 Å². The number of fused-ring (bicyclic) bond motifs is 1. The van der Waals surface area contributed by atoms with Crippen LogP contribution in [0.5, 0.6) is 0 Å². The molecule has 0 N–H and O–H groups in total. The molecule has 0 atom stereocenters. The van der Waals surface area contributed by atoms with E-state index < -0.39 is 0 Å². The summed E-state index contributed by atoms with van der Waals surface area (Å²) in [5, 5.41) is 5.67. The van der Waals surface area contributed by atoms with Gasteiger partial charge in [-0.2, -0.15) is 10.1 Å². The Morgan fingerprint density at radius 1 is 0.933 bits per heavy atom. The third kappa shape index (κ3) is 3.35. The van der Waals surface area contributed by atoms with E-state index in [0.717, 1.165) is 51.1 Å². The van der Waals surface area contributed by atoms with E-state index in [4.69, 9.17) is 4.98 Å². The van der Waals surface area contributed by atoms with Crippen LogP contribution in [-0.2, 0) is 0 Å². The summed E-state index contributed by atoms with van der Waals surface area (Å²) in [5.74, 6) is 0.106. The van der Waals surface area contributed by atoms with Crippen molar-refractivity contribution in [2.45, 2.75) is 13.8 Å². The first-order chi connectivity index (χ1) is 14.6. The molecule has 30 heavy (non-hydrogen) atoms. The molecule has 2 aromatic carbocycles. The topological polar surface area (TPSA) is 54.3 Å². The molecule has 0 unspecified atom stereocenters. The van der Waals surface area contributed by atoms with Crippen molar-refractivity contribution in [2.75, 3.05) is 31.1 Å². The fraction of sp³-hybridized carbons (Fsp3) is 0.261. The van der Waals surface area contributed by atoms with Crippen molar-refractivity contribution in [3.63, 3.8) is 0 Å². The molecular weight excluding hydrogens is 394 g/mol. The van der Waals surface area contributed by atoms with E-state index in [1.54, 1.807) is 11.3 Å². The summed E-state index contributed by atoms with van der Waals surface area (Å²) in [6.45, 7) is 7.03. The molecule has 1 amide bonds. The van der Waals surface area contributed by atoms with Crippen LogP contribution in [0, 0.1) is 13.8 Å². The van der Waals surface area contributed by atoms with Crippen LogP contribution >= 0.6 is 11.3 Å². The second kappa shape index (κ2) is 7.57. The zero-order valence-electron chi connectivity index (χ0n) is 17.1. The van der Waals surface area contributed by atoms with Crippen LogP contribution in [0.1, 0.15) is 21.6 Å². The van der Waals surface area contributed by atoms with Crippen molar-refractivity contribution < 1.29 is 4.79 Å². The predicted molar refractivity (Wildman–Crippen MR) is 121 cm³/mol. The molecule has 2 aromatic heterocycles. The zero-order chi connectivity index (χ0) is 20.7. The lowest BCUT2D eigenvalue weighted by Crippen LogP contribution is -2.48. The molecule has 1 aliphatic heterocycles. The summed E-state index contributed by atoms with van der Waals surface area (Å²) in [4.78, 5) is 21.9. The highest BCUT2D eigenvalue weighted by molar-refractivity contribution is 7.22. The monoisotopic (exact) mass is 417 g/mol. The number of carbonyl (C=O) groups excluding carboxylic acids is 1. The number of hydrogen-bond donors (Lipinski definition) is 0. The number of nitrogens with zero attached hydrogens (tertiary/aromatic N) is 5. The number of anilines is 1. The highest BCUT2D eigenvalue weighted by Crippen LogP contribution is 2.33. The van der Waals surface area contributed by atoms with E-state index in [1.165, 1.54) is 0 Å². The van der Waals surface area contributed by atoms with Gasteiger partial charge in [0.25, 0.3) is 5.91 Å². The first-order valence-electron chi connectivity index (χ1n) is 10.1. The van der Waals surface area contributed by atoms with Crippen LogP contribution in [0.15, 0.2) is 54.6 Å². The first kappa shape index (κ1) is 18.8. The van der Waals surface area contributed by atoms with Crippen LogP contribution in [-0.4, -0.2) is 51.8 Å². The van der Waals surface area contributed by atoms with Gasteiger partial charge < -0.3 is 9.80 Å². The molecule has 0 aliphatic carbocycles. The Kier molecular flexibility index (Phi) is 4.75. The third-order valence-electron chi connectivity index (χ3n) is 5.51. The minimum atomic E-state index is 0.106. The van der Waals surface area contributed by atoms with E-state index in [0.29, 0.717) is 13.1 Å². The molecule has 0 bridgehead atoms. The maximum Gasteiger partial charge on any atom is 0.253 e. The van der Waals surface area contributed by atoms with E-state index in [-0.39, 0.29) is 5.91 Å². The van der Waals surface area contributed by atoms with Crippen LogP contribution in [0.4, 0.5) is 5.13 Å². The number of benzene rings is 2. The van der Waals surface area contributed by atoms with Gasteiger partial charge in [0, 0.05) is 31.7 Å². The third-order valence-corrected chi connectivity index (χ3v) is 6.73. The Morgan fingerprint density at radius 2 is 1.63 bits per heavy atom. The van der Waals surface area contributed by atoms with Crippen LogP contribution < -0.4 is 4.90 Å². The Hall–Kier alpha value is -3.19. The molecule has 1 aliphatic rings. The van der Waals surface area contributed by atoms with Gasteiger partial charge in [-0.1, -0.05) is 47.2 Å². The van der Waals surface area contributed by atoms with Gasteiger partial charge in [-0.15, -0.1) is 0 Å². The molecule has 152 valence electrons. The molecular formula is C23H23N5OS.